The summed E-state index contributed by atoms with van der Waals surface area (Å²) in [5.41, 5.74) is 0.796. The number of carbonyl (C=O) groups is 4. The Morgan fingerprint density at radius 1 is 1.12 bits per heavy atom. The quantitative estimate of drug-likeness (QED) is 0.209. The molecule has 0 bridgehead atoms. The number of amides is 3. The van der Waals surface area contributed by atoms with Crippen molar-refractivity contribution in [1.29, 1.82) is 0 Å². The van der Waals surface area contributed by atoms with Crippen molar-refractivity contribution in [2.24, 2.45) is 5.92 Å². The number of nitrogens with one attached hydrogen (secondary N) is 3. The number of aliphatic hydroxyl groups is 1. The lowest BCUT2D eigenvalue weighted by Gasteiger charge is -2.31. The van der Waals surface area contributed by atoms with Gasteiger partial charge >= 0.3 is 12.1 Å². The third-order valence-corrected chi connectivity index (χ3v) is 10.1. The Morgan fingerprint density at radius 3 is 2.47 bits per heavy atom. The molecule has 2 aliphatic heterocycles. The molecule has 2 aromatic heterocycles. The van der Waals surface area contributed by atoms with Crippen LogP contribution in [0.15, 0.2) is 16.9 Å². The normalized spacial score (nSPS) is 20.1. The largest absolute Gasteiger partial charge is 0.458 e. The first-order valence-electron chi connectivity index (χ1n) is 17.3. The molecule has 0 saturated heterocycles. The van der Waals surface area contributed by atoms with E-state index in [4.69, 9.17) is 14.5 Å². The second kappa shape index (κ2) is 12.7. The first-order valence-corrected chi connectivity index (χ1v) is 17.3. The lowest BCUT2D eigenvalue weighted by Crippen LogP contribution is -2.55. The fourth-order valence-electron chi connectivity index (χ4n) is 7.33. The van der Waals surface area contributed by atoms with E-state index in [9.17, 15) is 29.1 Å². The molecule has 4 heterocycles. The number of fused-ring (bicyclic) bond motifs is 5. The number of pyridine rings is 2. The van der Waals surface area contributed by atoms with Gasteiger partial charge in [0, 0.05) is 22.6 Å². The minimum Gasteiger partial charge on any atom is -0.458 e. The summed E-state index contributed by atoms with van der Waals surface area (Å²) >= 11 is 0. The van der Waals surface area contributed by atoms with Crippen LogP contribution in [0.5, 0.6) is 0 Å². The molecule has 4 atom stereocenters. The van der Waals surface area contributed by atoms with Crippen LogP contribution in [0.25, 0.3) is 22.3 Å². The fraction of sp³-hybridized carbons (Fsp3) is 0.514. The molecule has 1 aromatic carbocycles. The summed E-state index contributed by atoms with van der Waals surface area (Å²) in [6, 6.07) is 0.371. The highest BCUT2D eigenvalue weighted by Gasteiger charge is 2.46. The van der Waals surface area contributed by atoms with E-state index in [1.54, 1.807) is 61.5 Å². The van der Waals surface area contributed by atoms with Crippen LogP contribution in [0.4, 0.5) is 9.18 Å². The topological polar surface area (TPSA) is 178 Å². The third-order valence-electron chi connectivity index (χ3n) is 10.1. The number of aromatic nitrogens is 2. The molecule has 3 aromatic rings. The molecular formula is C37H44FN5O8. The molecule has 14 heteroatoms. The molecule has 51 heavy (non-hydrogen) atoms. The standard InChI is InChI=1S/C37H44FN5O8/c1-9-37(49)22-12-26-30-20(14-43(26)33(46)21(22)15-50-34(37)47)28-24(11-10-19-17(4)23(38)13-25(40-30)27(19)28)41-31(44)18(5)39-32(45)29(16(2)3)42-35(48)51-36(6,7)8/h12-13,16,18,24,29,49H,9-11,14-15H2,1-8H3,(H,39,45)(H,41,44)(H,42,48)/t18-,24-,29-,37-/m0/s1. The Bertz CT molecular complexity index is 2070. The summed E-state index contributed by atoms with van der Waals surface area (Å²) in [6.45, 7) is 13.3. The molecule has 0 fully saturated rings. The smallest absolute Gasteiger partial charge is 0.408 e. The summed E-state index contributed by atoms with van der Waals surface area (Å²) in [5, 5.41) is 20.4. The highest BCUT2D eigenvalue weighted by Crippen LogP contribution is 2.46. The average Bonchev–Trinajstić information content (AvgIpc) is 3.42. The Hall–Kier alpha value is -4.85. The number of cyclic esters (lactones) is 1. The van der Waals surface area contributed by atoms with Crippen molar-refractivity contribution in [2.45, 2.75) is 117 Å². The number of hydrogen-bond donors (Lipinski definition) is 4. The third kappa shape index (κ3) is 6.13. The van der Waals surface area contributed by atoms with E-state index in [0.717, 1.165) is 5.56 Å². The molecule has 0 spiro atoms. The number of ether oxygens (including phenoxy) is 2. The van der Waals surface area contributed by atoms with Gasteiger partial charge in [0.25, 0.3) is 5.56 Å². The summed E-state index contributed by atoms with van der Waals surface area (Å²) in [6.07, 6.45) is 0.0787. The molecule has 3 aliphatic rings. The number of esters is 1. The first kappa shape index (κ1) is 36.0. The van der Waals surface area contributed by atoms with Gasteiger partial charge in [0.2, 0.25) is 11.8 Å². The molecule has 0 unspecified atom stereocenters. The van der Waals surface area contributed by atoms with Gasteiger partial charge in [-0.05, 0) is 82.6 Å². The molecule has 3 amide bonds. The Balaban J connectivity index is 1.36. The number of nitrogens with zero attached hydrogens (tertiary/aromatic N) is 2. The number of rotatable bonds is 7. The van der Waals surface area contributed by atoms with Crippen molar-refractivity contribution < 1.29 is 38.1 Å². The number of aryl methyl sites for hydroxylation is 1. The Morgan fingerprint density at radius 2 is 1.82 bits per heavy atom. The van der Waals surface area contributed by atoms with Crippen molar-refractivity contribution in [3.63, 3.8) is 0 Å². The van der Waals surface area contributed by atoms with E-state index in [1.807, 2.05) is 0 Å². The van der Waals surface area contributed by atoms with Crippen molar-refractivity contribution in [3.8, 4) is 11.4 Å². The molecule has 0 saturated carbocycles. The fourth-order valence-corrected chi connectivity index (χ4v) is 7.33. The highest BCUT2D eigenvalue weighted by atomic mass is 19.1. The molecule has 6 rings (SSSR count). The second-order valence-corrected chi connectivity index (χ2v) is 15.0. The monoisotopic (exact) mass is 705 g/mol. The molecule has 272 valence electrons. The molecule has 0 radical (unpaired) electrons. The van der Waals surface area contributed by atoms with Gasteiger partial charge in [0.1, 0.15) is 30.1 Å². The molecule has 13 nitrogen and oxygen atoms in total. The second-order valence-electron chi connectivity index (χ2n) is 15.0. The van der Waals surface area contributed by atoms with Crippen LogP contribution in [0.2, 0.25) is 0 Å². The van der Waals surface area contributed by atoms with E-state index in [0.29, 0.717) is 51.8 Å². The number of carbonyl (C=O) groups excluding carboxylic acids is 4. The van der Waals surface area contributed by atoms with E-state index in [-0.39, 0.29) is 36.6 Å². The van der Waals surface area contributed by atoms with Crippen molar-refractivity contribution in [2.75, 3.05) is 0 Å². The number of benzene rings is 1. The number of halogens is 1. The Labute approximate surface area is 294 Å². The minimum atomic E-state index is -2.01. The van der Waals surface area contributed by atoms with Crippen LogP contribution in [0.3, 0.4) is 0 Å². The number of alkyl carbamates (subject to hydrolysis) is 1. The van der Waals surface area contributed by atoms with E-state index in [1.165, 1.54) is 10.6 Å². The number of hydrogen-bond acceptors (Lipinski definition) is 9. The highest BCUT2D eigenvalue weighted by molar-refractivity contribution is 5.95. The zero-order valence-corrected chi connectivity index (χ0v) is 30.1. The maximum atomic E-state index is 15.3. The zero-order valence-electron chi connectivity index (χ0n) is 30.1. The summed E-state index contributed by atoms with van der Waals surface area (Å²) in [7, 11) is 0. The van der Waals surface area contributed by atoms with Crippen molar-refractivity contribution in [1.82, 2.24) is 25.5 Å². The predicted octanol–water partition coefficient (Wildman–Crippen LogP) is 3.68. The van der Waals surface area contributed by atoms with Crippen LogP contribution in [-0.4, -0.2) is 56.2 Å². The molecule has 4 N–H and O–H groups in total. The summed E-state index contributed by atoms with van der Waals surface area (Å²) < 4.78 is 27.3. The molecular weight excluding hydrogens is 661 g/mol. The Kier molecular flexibility index (Phi) is 8.97. The van der Waals surface area contributed by atoms with Gasteiger partial charge in [-0.1, -0.05) is 20.8 Å². The van der Waals surface area contributed by atoms with Gasteiger partial charge in [-0.15, -0.1) is 0 Å². The van der Waals surface area contributed by atoms with Crippen molar-refractivity contribution >= 4 is 34.8 Å². The summed E-state index contributed by atoms with van der Waals surface area (Å²) in [5.74, 6) is -2.63. The van der Waals surface area contributed by atoms with Crippen LogP contribution in [0, 0.1) is 18.7 Å². The van der Waals surface area contributed by atoms with E-state index < -0.39 is 64.6 Å². The summed E-state index contributed by atoms with van der Waals surface area (Å²) in [4.78, 5) is 70.9. The van der Waals surface area contributed by atoms with Crippen LogP contribution in [-0.2, 0) is 49.0 Å². The SMILES string of the molecule is CC[C@@]1(O)C(=O)OCc2c1cc1n(c2=O)Cc2c-1nc1cc(F)c(C)c3c1c2[C@@H](NC(=O)[C@H](C)NC(=O)[C@@H](NC(=O)OC(C)(C)C)C(C)C)CC3. The average molecular weight is 706 g/mol. The van der Waals surface area contributed by atoms with Crippen molar-refractivity contribution in [3.05, 3.63) is 61.7 Å². The predicted molar refractivity (Wildman–Crippen MR) is 184 cm³/mol. The van der Waals surface area contributed by atoms with E-state index in [2.05, 4.69) is 16.0 Å². The maximum Gasteiger partial charge on any atom is 0.408 e. The van der Waals surface area contributed by atoms with Crippen LogP contribution >= 0.6 is 0 Å². The molecule has 1 aliphatic carbocycles. The lowest BCUT2D eigenvalue weighted by atomic mass is 9.81. The maximum absolute atomic E-state index is 15.3. The first-order chi connectivity index (χ1) is 23.9. The van der Waals surface area contributed by atoms with Crippen LogP contribution < -0.4 is 21.5 Å². The van der Waals surface area contributed by atoms with Gasteiger partial charge in [-0.2, -0.15) is 0 Å². The van der Waals surface area contributed by atoms with Crippen LogP contribution in [0.1, 0.15) is 101 Å². The minimum absolute atomic E-state index is 0.0172. The van der Waals surface area contributed by atoms with Gasteiger partial charge in [0.15, 0.2) is 5.60 Å². The van der Waals surface area contributed by atoms with Gasteiger partial charge in [0.05, 0.1) is 35.1 Å². The van der Waals surface area contributed by atoms with E-state index >= 15 is 4.39 Å². The van der Waals surface area contributed by atoms with Gasteiger partial charge in [-0.25, -0.2) is 19.0 Å². The lowest BCUT2D eigenvalue weighted by molar-refractivity contribution is -0.172. The van der Waals surface area contributed by atoms with Gasteiger partial charge in [-0.3, -0.25) is 14.4 Å². The zero-order chi connectivity index (χ0) is 37.3. The van der Waals surface area contributed by atoms with Gasteiger partial charge < -0.3 is 35.1 Å².